The minimum Gasteiger partial charge on any atom is -0.497 e. The number of carbonyl (C=O) groups excluding carboxylic acids is 1. The number of ether oxygens (including phenoxy) is 1. The predicted molar refractivity (Wildman–Crippen MR) is 106 cm³/mol. The fourth-order valence-corrected chi connectivity index (χ4v) is 4.12. The van der Waals surface area contributed by atoms with Crippen LogP contribution in [0, 0.1) is 5.92 Å². The van der Waals surface area contributed by atoms with Crippen LogP contribution in [-0.2, 0) is 4.79 Å². The normalized spacial score (nSPS) is 20.6. The molecule has 1 heterocycles. The lowest BCUT2D eigenvalue weighted by molar-refractivity contribution is -0.126. The van der Waals surface area contributed by atoms with E-state index < -0.39 is 0 Å². The molecule has 1 aliphatic carbocycles. The van der Waals surface area contributed by atoms with Gasteiger partial charge in [0.15, 0.2) is 0 Å². The molecule has 1 aliphatic heterocycles. The van der Waals surface area contributed by atoms with Gasteiger partial charge in [0.2, 0.25) is 5.91 Å². The van der Waals surface area contributed by atoms with Crippen LogP contribution in [0.2, 0.25) is 0 Å². The minimum atomic E-state index is -0.0500. The van der Waals surface area contributed by atoms with Crippen LogP contribution >= 0.6 is 0 Å². The maximum atomic E-state index is 12.5. The number of amides is 1. The number of nitrogens with one attached hydrogen (secondary N) is 1. The second kappa shape index (κ2) is 9.26. The molecule has 1 unspecified atom stereocenters. The highest BCUT2D eigenvalue weighted by atomic mass is 16.5. The van der Waals surface area contributed by atoms with Crippen molar-refractivity contribution in [1.29, 1.82) is 0 Å². The number of benzene rings is 1. The predicted octanol–water partition coefficient (Wildman–Crippen LogP) is 2.90. The molecular formula is C21H33N3O2. The summed E-state index contributed by atoms with van der Waals surface area (Å²) in [7, 11) is 1.70. The molecule has 0 aromatic heterocycles. The number of hydrogen-bond donors (Lipinski definition) is 1. The van der Waals surface area contributed by atoms with Crippen molar-refractivity contribution in [1.82, 2.24) is 10.2 Å². The molecule has 0 radical (unpaired) electrons. The Bertz CT molecular complexity index is 578. The van der Waals surface area contributed by atoms with Crippen molar-refractivity contribution in [3.63, 3.8) is 0 Å². The highest BCUT2D eigenvalue weighted by molar-refractivity contribution is 5.81. The van der Waals surface area contributed by atoms with Gasteiger partial charge >= 0.3 is 0 Å². The monoisotopic (exact) mass is 359 g/mol. The Morgan fingerprint density at radius 1 is 1.19 bits per heavy atom. The topological polar surface area (TPSA) is 44.8 Å². The highest BCUT2D eigenvalue weighted by Crippen LogP contribution is 2.24. The van der Waals surface area contributed by atoms with Crippen LogP contribution in [-0.4, -0.2) is 56.7 Å². The zero-order chi connectivity index (χ0) is 18.4. The number of piperazine rings is 1. The van der Waals surface area contributed by atoms with E-state index in [9.17, 15) is 4.79 Å². The summed E-state index contributed by atoms with van der Waals surface area (Å²) < 4.78 is 5.32. The standard InChI is InChI=1S/C21H33N3O2/c1-17(21(25)22-16-18-7-4-3-5-8-18)23-11-13-24(14-12-23)19-9-6-10-20(15-19)26-2/h6,9-10,15,17-18H,3-5,7-8,11-14,16H2,1-2H3,(H,22,25). The Kier molecular flexibility index (Phi) is 6.78. The summed E-state index contributed by atoms with van der Waals surface area (Å²) in [5.74, 6) is 1.76. The van der Waals surface area contributed by atoms with Crippen molar-refractivity contribution < 1.29 is 9.53 Å². The van der Waals surface area contributed by atoms with Crippen LogP contribution in [0.3, 0.4) is 0 Å². The molecule has 1 aromatic rings. The third kappa shape index (κ3) is 4.91. The number of anilines is 1. The van der Waals surface area contributed by atoms with Crippen LogP contribution < -0.4 is 15.0 Å². The van der Waals surface area contributed by atoms with Crippen molar-refractivity contribution >= 4 is 11.6 Å². The zero-order valence-corrected chi connectivity index (χ0v) is 16.2. The molecule has 1 saturated heterocycles. The Morgan fingerprint density at radius 3 is 2.62 bits per heavy atom. The number of methoxy groups -OCH3 is 1. The molecular weight excluding hydrogens is 326 g/mol. The molecule has 0 spiro atoms. The fraction of sp³-hybridized carbons (Fsp3) is 0.667. The molecule has 144 valence electrons. The molecule has 5 nitrogen and oxygen atoms in total. The second-order valence-electron chi connectivity index (χ2n) is 7.65. The van der Waals surface area contributed by atoms with Gasteiger partial charge in [0, 0.05) is 44.5 Å². The SMILES string of the molecule is COc1cccc(N2CCN(C(C)C(=O)NCC3CCCCC3)CC2)c1. The lowest BCUT2D eigenvalue weighted by atomic mass is 9.89. The lowest BCUT2D eigenvalue weighted by Gasteiger charge is -2.38. The molecule has 1 N–H and O–H groups in total. The lowest BCUT2D eigenvalue weighted by Crippen LogP contribution is -2.54. The van der Waals surface area contributed by atoms with E-state index in [1.165, 1.54) is 37.8 Å². The number of carbonyl (C=O) groups is 1. The zero-order valence-electron chi connectivity index (χ0n) is 16.2. The molecule has 3 rings (SSSR count). The first-order valence-corrected chi connectivity index (χ1v) is 10.1. The van der Waals surface area contributed by atoms with Gasteiger partial charge in [-0.3, -0.25) is 9.69 Å². The van der Waals surface area contributed by atoms with Crippen LogP contribution in [0.1, 0.15) is 39.0 Å². The van der Waals surface area contributed by atoms with Gasteiger partial charge in [0.05, 0.1) is 13.2 Å². The maximum absolute atomic E-state index is 12.5. The van der Waals surface area contributed by atoms with Crippen molar-refractivity contribution in [2.24, 2.45) is 5.92 Å². The van der Waals surface area contributed by atoms with E-state index in [-0.39, 0.29) is 11.9 Å². The summed E-state index contributed by atoms with van der Waals surface area (Å²) in [6.07, 6.45) is 6.55. The van der Waals surface area contributed by atoms with E-state index >= 15 is 0 Å². The molecule has 1 saturated carbocycles. The third-order valence-electron chi connectivity index (χ3n) is 5.95. The molecule has 2 aliphatic rings. The van der Waals surface area contributed by atoms with Crippen LogP contribution in [0.15, 0.2) is 24.3 Å². The maximum Gasteiger partial charge on any atom is 0.237 e. The van der Waals surface area contributed by atoms with E-state index in [1.807, 2.05) is 19.1 Å². The molecule has 5 heteroatoms. The highest BCUT2D eigenvalue weighted by Gasteiger charge is 2.26. The quantitative estimate of drug-likeness (QED) is 0.848. The van der Waals surface area contributed by atoms with Gasteiger partial charge in [-0.25, -0.2) is 0 Å². The number of nitrogens with zero attached hydrogens (tertiary/aromatic N) is 2. The molecule has 0 bridgehead atoms. The first kappa shape index (κ1) is 19.0. The van der Waals surface area contributed by atoms with E-state index in [0.717, 1.165) is 38.5 Å². The molecule has 1 atom stereocenters. The number of hydrogen-bond acceptors (Lipinski definition) is 4. The van der Waals surface area contributed by atoms with Gasteiger partial charge in [0.1, 0.15) is 5.75 Å². The Labute approximate surface area is 157 Å². The third-order valence-corrected chi connectivity index (χ3v) is 5.95. The van der Waals surface area contributed by atoms with Gasteiger partial charge < -0.3 is 15.0 Å². The second-order valence-corrected chi connectivity index (χ2v) is 7.65. The Hall–Kier alpha value is -1.75. The number of rotatable bonds is 6. The average molecular weight is 360 g/mol. The van der Waals surface area contributed by atoms with Gasteiger partial charge in [-0.1, -0.05) is 25.3 Å². The van der Waals surface area contributed by atoms with Gasteiger partial charge in [-0.2, -0.15) is 0 Å². The summed E-state index contributed by atoms with van der Waals surface area (Å²) in [5, 5.41) is 3.20. The molecule has 2 fully saturated rings. The van der Waals surface area contributed by atoms with Gasteiger partial charge in [-0.15, -0.1) is 0 Å². The van der Waals surface area contributed by atoms with Gasteiger partial charge in [0.25, 0.3) is 0 Å². The smallest absolute Gasteiger partial charge is 0.237 e. The van der Waals surface area contributed by atoms with Crippen LogP contribution in [0.5, 0.6) is 5.75 Å². The van der Waals surface area contributed by atoms with Crippen molar-refractivity contribution in [3.05, 3.63) is 24.3 Å². The summed E-state index contributed by atoms with van der Waals surface area (Å²) >= 11 is 0. The molecule has 1 aromatic carbocycles. The summed E-state index contributed by atoms with van der Waals surface area (Å²) in [5.41, 5.74) is 1.19. The molecule has 26 heavy (non-hydrogen) atoms. The average Bonchev–Trinajstić information content (AvgIpc) is 2.72. The molecule has 1 amide bonds. The van der Waals surface area contributed by atoms with Crippen LogP contribution in [0.25, 0.3) is 0 Å². The van der Waals surface area contributed by atoms with E-state index in [0.29, 0.717) is 5.92 Å². The van der Waals surface area contributed by atoms with E-state index in [1.54, 1.807) is 7.11 Å². The van der Waals surface area contributed by atoms with E-state index in [4.69, 9.17) is 4.74 Å². The summed E-state index contributed by atoms with van der Waals surface area (Å²) in [4.78, 5) is 17.2. The first-order chi connectivity index (χ1) is 12.7. The Balaban J connectivity index is 1.45. The Morgan fingerprint density at radius 2 is 1.92 bits per heavy atom. The first-order valence-electron chi connectivity index (χ1n) is 10.1. The fourth-order valence-electron chi connectivity index (χ4n) is 4.12. The van der Waals surface area contributed by atoms with Crippen molar-refractivity contribution in [2.75, 3.05) is 44.7 Å². The van der Waals surface area contributed by atoms with Crippen molar-refractivity contribution in [2.45, 2.75) is 45.1 Å². The van der Waals surface area contributed by atoms with E-state index in [2.05, 4.69) is 27.2 Å². The van der Waals surface area contributed by atoms with Gasteiger partial charge in [-0.05, 0) is 37.8 Å². The summed E-state index contributed by atoms with van der Waals surface area (Å²) in [6, 6.07) is 8.15. The largest absolute Gasteiger partial charge is 0.497 e. The van der Waals surface area contributed by atoms with Crippen LogP contribution in [0.4, 0.5) is 5.69 Å². The van der Waals surface area contributed by atoms with Crippen molar-refractivity contribution in [3.8, 4) is 5.75 Å². The summed E-state index contributed by atoms with van der Waals surface area (Å²) in [6.45, 7) is 6.59. The minimum absolute atomic E-state index is 0.0500.